The highest BCUT2D eigenvalue weighted by Crippen LogP contribution is 2.64. The third-order valence-corrected chi connectivity index (χ3v) is 8.85. The van der Waals surface area contributed by atoms with E-state index in [1.807, 2.05) is 6.07 Å². The maximum Gasteiger partial charge on any atom is 0.337 e. The van der Waals surface area contributed by atoms with Gasteiger partial charge in [0.25, 0.3) is 0 Å². The van der Waals surface area contributed by atoms with E-state index in [0.29, 0.717) is 51.4 Å². The highest BCUT2D eigenvalue weighted by Gasteiger charge is 2.58. The number of ether oxygens (including phenoxy) is 2. The van der Waals surface area contributed by atoms with Gasteiger partial charge in [0.05, 0.1) is 40.0 Å². The van der Waals surface area contributed by atoms with E-state index < -0.39 is 5.60 Å². The van der Waals surface area contributed by atoms with Gasteiger partial charge in [-0.25, -0.2) is 4.79 Å². The lowest BCUT2D eigenvalue weighted by Crippen LogP contribution is -2.52. The van der Waals surface area contributed by atoms with Crippen molar-refractivity contribution < 1.29 is 23.9 Å². The van der Waals surface area contributed by atoms with E-state index in [-0.39, 0.29) is 17.5 Å². The molecule has 3 aliphatic carbocycles. The molecule has 3 aliphatic rings. The molecule has 2 aromatic carbocycles. The smallest absolute Gasteiger partial charge is 0.337 e. The van der Waals surface area contributed by atoms with Crippen LogP contribution in [-0.4, -0.2) is 29.4 Å². The summed E-state index contributed by atoms with van der Waals surface area (Å²) in [5.74, 6) is 1.38. The van der Waals surface area contributed by atoms with Crippen molar-refractivity contribution in [3.05, 3.63) is 69.4 Å². The van der Waals surface area contributed by atoms with Gasteiger partial charge < -0.3 is 19.1 Å². The maximum absolute atomic E-state index is 11.9. The summed E-state index contributed by atoms with van der Waals surface area (Å²) in [6.07, 6.45) is 7.15. The number of aliphatic hydroxyl groups is 1. The molecule has 0 aliphatic heterocycles. The van der Waals surface area contributed by atoms with Crippen LogP contribution < -0.4 is 4.74 Å². The Balaban J connectivity index is 1.18. The Bertz CT molecular complexity index is 1310. The van der Waals surface area contributed by atoms with Crippen LogP contribution in [0.15, 0.2) is 47.0 Å². The summed E-state index contributed by atoms with van der Waals surface area (Å²) in [7, 11) is 1.37. The monoisotopic (exact) mass is 541 g/mol. The molecule has 0 bridgehead atoms. The zero-order valence-electron chi connectivity index (χ0n) is 20.6. The Kier molecular flexibility index (Phi) is 6.25. The second-order valence-electron chi connectivity index (χ2n) is 10.9. The molecule has 1 heterocycles. The van der Waals surface area contributed by atoms with Crippen molar-refractivity contribution in [2.24, 2.45) is 5.41 Å². The van der Waals surface area contributed by atoms with Crippen molar-refractivity contribution in [3.8, 4) is 17.0 Å². The van der Waals surface area contributed by atoms with Crippen LogP contribution in [0.1, 0.15) is 79.0 Å². The molecule has 37 heavy (non-hydrogen) atoms. The van der Waals surface area contributed by atoms with Crippen LogP contribution in [0.3, 0.4) is 0 Å². The number of hydrogen-bond donors (Lipinski definition) is 1. The topological polar surface area (TPSA) is 81.8 Å². The van der Waals surface area contributed by atoms with Gasteiger partial charge in [-0.1, -0.05) is 40.5 Å². The molecule has 0 atom stereocenters. The number of nitrogens with zero attached hydrogens (tertiary/aromatic N) is 1. The molecule has 0 unspecified atom stereocenters. The largest absolute Gasteiger partial charge is 0.490 e. The fraction of sp³-hybridized carbons (Fsp3) is 0.448. The first kappa shape index (κ1) is 24.8. The summed E-state index contributed by atoms with van der Waals surface area (Å²) >= 11 is 13.0. The summed E-state index contributed by atoms with van der Waals surface area (Å²) in [5.41, 5.74) is 1.48. The normalized spacial score (nSPS) is 27.1. The molecule has 1 N–H and O–H groups in total. The zero-order valence-corrected chi connectivity index (χ0v) is 22.1. The van der Waals surface area contributed by atoms with Crippen LogP contribution in [0, 0.1) is 5.41 Å². The Hall–Kier alpha value is -2.54. The first-order chi connectivity index (χ1) is 17.8. The fourth-order valence-electron chi connectivity index (χ4n) is 6.32. The molecule has 194 valence electrons. The minimum Gasteiger partial charge on any atom is -0.490 e. The maximum atomic E-state index is 11.9. The number of halogens is 2. The van der Waals surface area contributed by atoms with Gasteiger partial charge >= 0.3 is 5.97 Å². The Labute approximate surface area is 225 Å². The first-order valence-corrected chi connectivity index (χ1v) is 13.6. The van der Waals surface area contributed by atoms with Gasteiger partial charge in [0, 0.05) is 11.5 Å². The molecule has 1 aromatic heterocycles. The van der Waals surface area contributed by atoms with Gasteiger partial charge in [-0.2, -0.15) is 0 Å². The van der Waals surface area contributed by atoms with Crippen LogP contribution in [0.4, 0.5) is 0 Å². The molecule has 1 spiro atoms. The SMILES string of the molecule is COC(=O)c1cccc(OC2CCC3(CC2)CC(O)(c2c(-c4c(Cl)cccc4Cl)noc2C2CC2)C3)c1. The Morgan fingerprint density at radius 3 is 2.38 bits per heavy atom. The zero-order chi connectivity index (χ0) is 25.8. The van der Waals surface area contributed by atoms with Crippen LogP contribution >= 0.6 is 23.2 Å². The van der Waals surface area contributed by atoms with E-state index in [1.165, 1.54) is 7.11 Å². The number of benzene rings is 2. The summed E-state index contributed by atoms with van der Waals surface area (Å²) in [4.78, 5) is 11.8. The average Bonchev–Trinajstić information content (AvgIpc) is 3.63. The summed E-state index contributed by atoms with van der Waals surface area (Å²) in [6, 6.07) is 12.5. The lowest BCUT2D eigenvalue weighted by atomic mass is 9.51. The van der Waals surface area contributed by atoms with E-state index >= 15 is 0 Å². The van der Waals surface area contributed by atoms with Crippen LogP contribution in [0.25, 0.3) is 11.3 Å². The molecular weight excluding hydrogens is 513 g/mol. The quantitative estimate of drug-likeness (QED) is 0.329. The molecule has 8 heteroatoms. The van der Waals surface area contributed by atoms with E-state index in [4.69, 9.17) is 37.2 Å². The van der Waals surface area contributed by atoms with E-state index in [0.717, 1.165) is 49.8 Å². The first-order valence-electron chi connectivity index (χ1n) is 12.8. The number of esters is 1. The molecule has 3 aromatic rings. The van der Waals surface area contributed by atoms with Crippen LogP contribution in [0.5, 0.6) is 5.75 Å². The van der Waals surface area contributed by atoms with Crippen molar-refractivity contribution in [2.45, 2.75) is 69.0 Å². The van der Waals surface area contributed by atoms with Gasteiger partial charge in [-0.3, -0.25) is 0 Å². The van der Waals surface area contributed by atoms with E-state index in [1.54, 1.807) is 36.4 Å². The minimum absolute atomic E-state index is 0.0577. The van der Waals surface area contributed by atoms with Crippen molar-refractivity contribution >= 4 is 29.2 Å². The van der Waals surface area contributed by atoms with Gasteiger partial charge in [0.15, 0.2) is 0 Å². The number of aromatic nitrogens is 1. The van der Waals surface area contributed by atoms with Crippen LogP contribution in [-0.2, 0) is 10.3 Å². The standard InChI is InChI=1S/C29H29Cl2NO5/c1-35-27(33)18-4-2-5-20(14-18)36-19-10-12-28(13-11-19)15-29(34,16-28)24-25(32-37-26(24)17-8-9-17)23-21(30)6-3-7-22(23)31/h2-7,14,17,19,34H,8-13,15-16H2,1H3. The Morgan fingerprint density at radius 2 is 1.73 bits per heavy atom. The number of rotatable bonds is 6. The lowest BCUT2D eigenvalue weighted by Gasteiger charge is -2.56. The molecule has 3 saturated carbocycles. The van der Waals surface area contributed by atoms with Gasteiger partial charge in [-0.15, -0.1) is 0 Å². The molecule has 6 rings (SSSR count). The number of carbonyl (C=O) groups is 1. The number of carbonyl (C=O) groups excluding carboxylic acids is 1. The average molecular weight is 542 g/mol. The number of methoxy groups -OCH3 is 1. The highest BCUT2D eigenvalue weighted by atomic mass is 35.5. The van der Waals surface area contributed by atoms with E-state index in [9.17, 15) is 9.90 Å². The third-order valence-electron chi connectivity index (χ3n) is 8.22. The summed E-state index contributed by atoms with van der Waals surface area (Å²) < 4.78 is 16.8. The molecule has 3 fully saturated rings. The summed E-state index contributed by atoms with van der Waals surface area (Å²) in [5, 5.41) is 17.3. The van der Waals surface area contributed by atoms with Crippen molar-refractivity contribution in [1.29, 1.82) is 0 Å². The molecule has 0 radical (unpaired) electrons. The second kappa shape index (κ2) is 9.33. The molecular formula is C29H29Cl2NO5. The minimum atomic E-state index is -1.02. The van der Waals surface area contributed by atoms with Crippen molar-refractivity contribution in [1.82, 2.24) is 5.16 Å². The third kappa shape index (κ3) is 4.53. The van der Waals surface area contributed by atoms with Gasteiger partial charge in [0.2, 0.25) is 0 Å². The summed E-state index contributed by atoms with van der Waals surface area (Å²) in [6.45, 7) is 0. The van der Waals surface area contributed by atoms with Gasteiger partial charge in [-0.05, 0) is 87.1 Å². The predicted octanol–water partition coefficient (Wildman–Crippen LogP) is 7.30. The van der Waals surface area contributed by atoms with Gasteiger partial charge in [0.1, 0.15) is 17.2 Å². The highest BCUT2D eigenvalue weighted by molar-refractivity contribution is 6.39. The second-order valence-corrected chi connectivity index (χ2v) is 11.7. The molecule has 0 amide bonds. The molecule has 6 nitrogen and oxygen atoms in total. The predicted molar refractivity (Wildman–Crippen MR) is 140 cm³/mol. The lowest BCUT2D eigenvalue weighted by molar-refractivity contribution is -0.156. The van der Waals surface area contributed by atoms with Crippen molar-refractivity contribution in [2.75, 3.05) is 7.11 Å². The molecule has 0 saturated heterocycles. The van der Waals surface area contributed by atoms with E-state index in [2.05, 4.69) is 5.16 Å². The van der Waals surface area contributed by atoms with Crippen LogP contribution in [0.2, 0.25) is 10.0 Å². The fourth-order valence-corrected chi connectivity index (χ4v) is 6.90. The van der Waals surface area contributed by atoms with Crippen molar-refractivity contribution in [3.63, 3.8) is 0 Å². The Morgan fingerprint density at radius 1 is 1.05 bits per heavy atom. The number of hydrogen-bond acceptors (Lipinski definition) is 6.